The van der Waals surface area contributed by atoms with Gasteiger partial charge in [-0.2, -0.15) is 17.0 Å². The molecule has 2 saturated heterocycles. The Bertz CT molecular complexity index is 1030. The Morgan fingerprint density at radius 2 is 1.89 bits per heavy atom. The highest BCUT2D eigenvalue weighted by molar-refractivity contribution is 7.86. The van der Waals surface area contributed by atoms with Gasteiger partial charge in [0.15, 0.2) is 5.41 Å². The number of rotatable bonds is 12. The first kappa shape index (κ1) is 28.3. The molecule has 0 aromatic rings. The van der Waals surface area contributed by atoms with Gasteiger partial charge in [0.05, 0.1) is 13.0 Å². The monoisotopic (exact) mass is 534 g/mol. The number of carbonyl (C=O) groups excluding carboxylic acids is 1. The molecule has 0 bridgehead atoms. The molecule has 1 unspecified atom stereocenters. The van der Waals surface area contributed by atoms with Crippen LogP contribution in [0.3, 0.4) is 0 Å². The van der Waals surface area contributed by atoms with Gasteiger partial charge < -0.3 is 36.1 Å². The van der Waals surface area contributed by atoms with Crippen LogP contribution in [0.2, 0.25) is 6.32 Å². The fourth-order valence-electron chi connectivity index (χ4n) is 4.75. The van der Waals surface area contributed by atoms with Gasteiger partial charge in [0.25, 0.3) is 10.2 Å². The Balaban J connectivity index is 1.62. The van der Waals surface area contributed by atoms with Crippen LogP contribution in [0.5, 0.6) is 0 Å². The standard InChI is InChI=1S/C19H31BN4O11S/c1-2-24(13-6-12(13)21)36(32,33)23-8-11(19(22,9-23)16(29)30)4-3-5-20-34-10-18(15(27)28,7-14(25)26)17(31)35-20/h11-13H,2-10,21-22H2,1H3,(H,25,26)(H,27,28)(H,29,30)/t11-,12+,13+,18?,19-/m0/s1. The van der Waals surface area contributed by atoms with Crippen molar-refractivity contribution in [2.75, 3.05) is 26.2 Å². The van der Waals surface area contributed by atoms with Crippen molar-refractivity contribution < 1.29 is 52.2 Å². The van der Waals surface area contributed by atoms with E-state index in [1.807, 2.05) is 0 Å². The van der Waals surface area contributed by atoms with Gasteiger partial charge >= 0.3 is 31.0 Å². The first-order valence-electron chi connectivity index (χ1n) is 11.5. The van der Waals surface area contributed by atoms with Gasteiger partial charge in [-0.05, 0) is 19.2 Å². The average Bonchev–Trinajstić information content (AvgIpc) is 3.37. The molecule has 5 atom stereocenters. The molecule has 0 aromatic carbocycles. The summed E-state index contributed by atoms with van der Waals surface area (Å²) in [4.78, 5) is 46.8. The number of nitrogens with two attached hydrogens (primary N) is 2. The zero-order chi connectivity index (χ0) is 27.1. The van der Waals surface area contributed by atoms with Crippen LogP contribution in [-0.2, 0) is 38.7 Å². The molecule has 3 aliphatic rings. The van der Waals surface area contributed by atoms with E-state index in [-0.39, 0.29) is 44.3 Å². The molecular weight excluding hydrogens is 503 g/mol. The van der Waals surface area contributed by atoms with Crippen LogP contribution in [0.15, 0.2) is 0 Å². The van der Waals surface area contributed by atoms with Crippen LogP contribution < -0.4 is 11.5 Å². The molecule has 1 saturated carbocycles. The lowest BCUT2D eigenvalue weighted by Gasteiger charge is -2.33. The summed E-state index contributed by atoms with van der Waals surface area (Å²) >= 11 is 0. The third-order valence-electron chi connectivity index (χ3n) is 7.10. The summed E-state index contributed by atoms with van der Waals surface area (Å²) in [7, 11) is -5.16. The Kier molecular flexibility index (Phi) is 8.02. The van der Waals surface area contributed by atoms with Crippen LogP contribution in [0.4, 0.5) is 0 Å². The Hall–Kier alpha value is -2.31. The van der Waals surface area contributed by atoms with Gasteiger partial charge in [-0.25, -0.2) is 0 Å². The van der Waals surface area contributed by atoms with Crippen LogP contribution in [-0.4, -0.2) is 107 Å². The van der Waals surface area contributed by atoms with Crippen molar-refractivity contribution in [1.29, 1.82) is 0 Å². The van der Waals surface area contributed by atoms with Gasteiger partial charge in [0.1, 0.15) is 5.54 Å². The maximum absolute atomic E-state index is 13.2. The van der Waals surface area contributed by atoms with E-state index in [9.17, 15) is 37.8 Å². The molecule has 36 heavy (non-hydrogen) atoms. The lowest BCUT2D eigenvalue weighted by atomic mass is 9.74. The van der Waals surface area contributed by atoms with E-state index in [1.165, 1.54) is 4.31 Å². The number of carboxylic acid groups (broad SMARTS) is 3. The molecule has 0 radical (unpaired) electrons. The minimum atomic E-state index is -4.00. The topological polar surface area (TPSA) is 240 Å². The highest BCUT2D eigenvalue weighted by Crippen LogP contribution is 2.37. The quantitative estimate of drug-likeness (QED) is 0.132. The molecule has 15 nitrogen and oxygen atoms in total. The number of hydrogen-bond acceptors (Lipinski definition) is 10. The van der Waals surface area contributed by atoms with Crippen molar-refractivity contribution in [3.8, 4) is 0 Å². The van der Waals surface area contributed by atoms with Gasteiger partial charge in [0.2, 0.25) is 0 Å². The summed E-state index contributed by atoms with van der Waals surface area (Å²) in [5.74, 6) is -6.53. The molecular formula is C19H31BN4O11S. The third kappa shape index (κ3) is 5.21. The van der Waals surface area contributed by atoms with Crippen molar-refractivity contribution in [3.05, 3.63) is 0 Å². The minimum absolute atomic E-state index is 0.0471. The smallest absolute Gasteiger partial charge is 0.509 e. The second-order valence-corrected chi connectivity index (χ2v) is 11.4. The Labute approximate surface area is 208 Å². The molecule has 17 heteroatoms. The summed E-state index contributed by atoms with van der Waals surface area (Å²) in [5.41, 5.74) is 7.78. The Morgan fingerprint density at radius 3 is 2.36 bits per heavy atom. The number of carbonyl (C=O) groups is 4. The summed E-state index contributed by atoms with van der Waals surface area (Å²) in [6.45, 7) is 0.606. The maximum atomic E-state index is 13.2. The number of aliphatic carboxylic acids is 3. The molecule has 2 aliphatic heterocycles. The minimum Gasteiger partial charge on any atom is -0.509 e. The molecule has 7 N–H and O–H groups in total. The van der Waals surface area contributed by atoms with Gasteiger partial charge in [-0.3, -0.25) is 19.2 Å². The SMILES string of the molecule is CCN([C@@H]1C[C@H]1N)S(=O)(=O)N1C[C@H](CCCB2OCC(CC(=O)O)(C(=O)O)C(=O)O2)[C@](N)(C(=O)O)C1. The number of hydrogen-bond donors (Lipinski definition) is 5. The fourth-order valence-corrected chi connectivity index (χ4v) is 6.70. The summed E-state index contributed by atoms with van der Waals surface area (Å²) in [6.07, 6.45) is -0.0689. The van der Waals surface area contributed by atoms with E-state index in [0.717, 1.165) is 4.31 Å². The van der Waals surface area contributed by atoms with Crippen LogP contribution in [0, 0.1) is 11.3 Å². The molecule has 2 heterocycles. The Morgan fingerprint density at radius 1 is 1.25 bits per heavy atom. The zero-order valence-corrected chi connectivity index (χ0v) is 20.6. The van der Waals surface area contributed by atoms with E-state index in [4.69, 9.17) is 25.9 Å². The van der Waals surface area contributed by atoms with E-state index >= 15 is 0 Å². The summed E-state index contributed by atoms with van der Waals surface area (Å²) in [5, 5.41) is 28.1. The normalized spacial score (nSPS) is 32.9. The van der Waals surface area contributed by atoms with Crippen LogP contribution in [0.1, 0.15) is 32.6 Å². The first-order chi connectivity index (χ1) is 16.7. The molecule has 0 amide bonds. The van der Waals surface area contributed by atoms with Gasteiger partial charge in [0, 0.05) is 37.6 Å². The summed E-state index contributed by atoms with van der Waals surface area (Å²) < 4.78 is 39.0. The molecule has 0 aromatic heterocycles. The largest absolute Gasteiger partial charge is 0.527 e. The van der Waals surface area contributed by atoms with E-state index < -0.39 is 77.6 Å². The average molecular weight is 534 g/mol. The molecule has 3 fully saturated rings. The van der Waals surface area contributed by atoms with Crippen LogP contribution >= 0.6 is 0 Å². The van der Waals surface area contributed by atoms with Crippen LogP contribution in [0.25, 0.3) is 0 Å². The predicted molar refractivity (Wildman–Crippen MR) is 121 cm³/mol. The fraction of sp³-hybridized carbons (Fsp3) is 0.789. The molecule has 202 valence electrons. The second-order valence-electron chi connectivity index (χ2n) is 9.55. The van der Waals surface area contributed by atoms with E-state index in [2.05, 4.69) is 0 Å². The van der Waals surface area contributed by atoms with Crippen molar-refractivity contribution >= 4 is 41.2 Å². The van der Waals surface area contributed by atoms with Crippen molar-refractivity contribution in [2.45, 2.75) is 56.5 Å². The third-order valence-corrected chi connectivity index (χ3v) is 9.15. The number of likely N-dealkylation sites (N-methyl/N-ethyl adjacent to an activating group) is 1. The summed E-state index contributed by atoms with van der Waals surface area (Å²) in [6, 6.07) is -0.609. The predicted octanol–water partition coefficient (Wildman–Crippen LogP) is -2.25. The van der Waals surface area contributed by atoms with Crippen molar-refractivity contribution in [1.82, 2.24) is 8.61 Å². The van der Waals surface area contributed by atoms with Gasteiger partial charge in [-0.15, -0.1) is 0 Å². The van der Waals surface area contributed by atoms with Crippen molar-refractivity contribution in [2.24, 2.45) is 22.8 Å². The van der Waals surface area contributed by atoms with Crippen molar-refractivity contribution in [3.63, 3.8) is 0 Å². The lowest BCUT2D eigenvalue weighted by molar-refractivity contribution is -0.176. The molecule has 3 rings (SSSR count). The number of nitrogens with zero attached hydrogens (tertiary/aromatic N) is 2. The van der Waals surface area contributed by atoms with E-state index in [0.29, 0.717) is 6.42 Å². The first-order valence-corrected chi connectivity index (χ1v) is 12.9. The maximum Gasteiger partial charge on any atom is 0.527 e. The molecule has 1 aliphatic carbocycles. The zero-order valence-electron chi connectivity index (χ0n) is 19.7. The second kappa shape index (κ2) is 10.2. The molecule has 0 spiro atoms. The highest BCUT2D eigenvalue weighted by Gasteiger charge is 2.56. The number of carboxylic acids is 3. The lowest BCUT2D eigenvalue weighted by Crippen LogP contribution is -2.56. The van der Waals surface area contributed by atoms with Gasteiger partial charge in [-0.1, -0.05) is 13.3 Å². The van der Waals surface area contributed by atoms with E-state index in [1.54, 1.807) is 6.92 Å². The highest BCUT2D eigenvalue weighted by atomic mass is 32.2.